The van der Waals surface area contributed by atoms with Gasteiger partial charge >= 0.3 is 0 Å². The maximum atomic E-state index is 2.81. The van der Waals surface area contributed by atoms with E-state index in [1.807, 2.05) is 0 Å². The van der Waals surface area contributed by atoms with Gasteiger partial charge in [0.1, 0.15) is 0 Å². The molecule has 2 heterocycles. The van der Waals surface area contributed by atoms with Gasteiger partial charge in [-0.05, 0) is 44.2 Å². The van der Waals surface area contributed by atoms with Gasteiger partial charge in [-0.15, -0.1) is 0 Å². The Balaban J connectivity index is 2.25. The summed E-state index contributed by atoms with van der Waals surface area (Å²) in [6.07, 6.45) is 8.64. The minimum absolute atomic E-state index is 0.466. The SMILES string of the molecule is CC(C)(C)C12CCCCN1CCCC2. The highest BCUT2D eigenvalue weighted by Gasteiger charge is 2.48. The van der Waals surface area contributed by atoms with Crippen LogP contribution in [0.25, 0.3) is 0 Å². The molecule has 0 unspecified atom stereocenters. The lowest BCUT2D eigenvalue weighted by Crippen LogP contribution is -2.61. The molecule has 2 aliphatic heterocycles. The first-order chi connectivity index (χ1) is 6.56. The first-order valence-electron chi connectivity index (χ1n) is 6.31. The van der Waals surface area contributed by atoms with E-state index in [1.165, 1.54) is 51.6 Å². The fraction of sp³-hybridized carbons (Fsp3) is 1.00. The van der Waals surface area contributed by atoms with E-state index < -0.39 is 0 Å². The number of nitrogens with zero attached hydrogens (tertiary/aromatic N) is 1. The second kappa shape index (κ2) is 3.52. The summed E-state index contributed by atoms with van der Waals surface area (Å²) in [4.78, 5) is 2.81. The molecule has 0 aromatic heterocycles. The van der Waals surface area contributed by atoms with Crippen molar-refractivity contribution in [3.05, 3.63) is 0 Å². The molecule has 0 aromatic carbocycles. The number of hydrogen-bond donors (Lipinski definition) is 0. The normalized spacial score (nSPS) is 28.5. The third kappa shape index (κ3) is 1.50. The molecular formula is C13H25N. The first kappa shape index (κ1) is 10.5. The molecule has 2 rings (SSSR count). The zero-order valence-electron chi connectivity index (χ0n) is 10.1. The Morgan fingerprint density at radius 3 is 1.71 bits per heavy atom. The topological polar surface area (TPSA) is 3.24 Å². The number of hydrogen-bond acceptors (Lipinski definition) is 1. The molecule has 1 nitrogen and oxygen atoms in total. The van der Waals surface area contributed by atoms with Gasteiger partial charge < -0.3 is 0 Å². The van der Waals surface area contributed by atoms with Crippen LogP contribution in [0.5, 0.6) is 0 Å². The summed E-state index contributed by atoms with van der Waals surface area (Å²) in [5.74, 6) is 0. The van der Waals surface area contributed by atoms with Crippen LogP contribution in [0.1, 0.15) is 59.3 Å². The van der Waals surface area contributed by atoms with Crippen LogP contribution in [0, 0.1) is 5.41 Å². The van der Waals surface area contributed by atoms with Crippen LogP contribution in [0.2, 0.25) is 0 Å². The van der Waals surface area contributed by atoms with Crippen molar-refractivity contribution < 1.29 is 0 Å². The molecule has 14 heavy (non-hydrogen) atoms. The predicted molar refractivity (Wildman–Crippen MR) is 61.5 cm³/mol. The van der Waals surface area contributed by atoms with E-state index in [2.05, 4.69) is 25.7 Å². The van der Waals surface area contributed by atoms with Crippen LogP contribution < -0.4 is 0 Å². The molecule has 82 valence electrons. The zero-order valence-corrected chi connectivity index (χ0v) is 10.1. The fourth-order valence-corrected chi connectivity index (χ4v) is 3.65. The minimum Gasteiger partial charge on any atom is -0.297 e. The van der Waals surface area contributed by atoms with Gasteiger partial charge in [-0.1, -0.05) is 33.6 Å². The molecule has 0 spiro atoms. The second-order valence-electron chi connectivity index (χ2n) is 6.18. The summed E-state index contributed by atoms with van der Waals surface area (Å²) in [6.45, 7) is 10.0. The number of fused-ring (bicyclic) bond motifs is 1. The standard InChI is InChI=1S/C13H25N/c1-12(2,3)13-8-4-6-10-14(13)11-7-5-9-13/h4-11H2,1-3H3. The van der Waals surface area contributed by atoms with Crippen molar-refractivity contribution in [3.8, 4) is 0 Å². The molecule has 0 atom stereocenters. The Bertz CT molecular complexity index is 190. The summed E-state index contributed by atoms with van der Waals surface area (Å²) < 4.78 is 0. The largest absolute Gasteiger partial charge is 0.297 e. The maximum absolute atomic E-state index is 2.81. The lowest BCUT2D eigenvalue weighted by Gasteiger charge is -2.57. The summed E-state index contributed by atoms with van der Waals surface area (Å²) >= 11 is 0. The van der Waals surface area contributed by atoms with E-state index in [0.717, 1.165) is 0 Å². The average molecular weight is 195 g/mol. The highest BCUT2D eigenvalue weighted by atomic mass is 15.2. The van der Waals surface area contributed by atoms with Crippen molar-refractivity contribution in [1.29, 1.82) is 0 Å². The molecule has 2 fully saturated rings. The summed E-state index contributed by atoms with van der Waals surface area (Å²) in [5, 5.41) is 0. The van der Waals surface area contributed by atoms with Crippen molar-refractivity contribution in [2.24, 2.45) is 5.41 Å². The minimum atomic E-state index is 0.466. The van der Waals surface area contributed by atoms with Gasteiger partial charge in [0.15, 0.2) is 0 Å². The highest BCUT2D eigenvalue weighted by Crippen LogP contribution is 2.47. The van der Waals surface area contributed by atoms with Gasteiger partial charge in [-0.25, -0.2) is 0 Å². The van der Waals surface area contributed by atoms with Crippen LogP contribution in [-0.4, -0.2) is 23.5 Å². The monoisotopic (exact) mass is 195 g/mol. The zero-order chi connectivity index (χ0) is 10.2. The molecule has 0 N–H and O–H groups in total. The van der Waals surface area contributed by atoms with Gasteiger partial charge in [-0.3, -0.25) is 4.90 Å². The molecule has 0 aromatic rings. The predicted octanol–water partition coefficient (Wildman–Crippen LogP) is 3.44. The van der Waals surface area contributed by atoms with Crippen molar-refractivity contribution in [2.45, 2.75) is 64.8 Å². The quantitative estimate of drug-likeness (QED) is 0.572. The Morgan fingerprint density at radius 2 is 1.36 bits per heavy atom. The van der Waals surface area contributed by atoms with Crippen LogP contribution in [0.3, 0.4) is 0 Å². The molecule has 0 radical (unpaired) electrons. The molecule has 2 aliphatic rings. The highest BCUT2D eigenvalue weighted by molar-refractivity contribution is 5.03. The van der Waals surface area contributed by atoms with Gasteiger partial charge in [0.25, 0.3) is 0 Å². The molecular weight excluding hydrogens is 170 g/mol. The Kier molecular flexibility index (Phi) is 2.63. The lowest BCUT2D eigenvalue weighted by molar-refractivity contribution is -0.0647. The second-order valence-corrected chi connectivity index (χ2v) is 6.18. The van der Waals surface area contributed by atoms with E-state index in [0.29, 0.717) is 11.0 Å². The fourth-order valence-electron chi connectivity index (χ4n) is 3.65. The van der Waals surface area contributed by atoms with Gasteiger partial charge in [-0.2, -0.15) is 0 Å². The van der Waals surface area contributed by atoms with Crippen LogP contribution in [0.4, 0.5) is 0 Å². The van der Waals surface area contributed by atoms with Crippen LogP contribution in [0.15, 0.2) is 0 Å². The van der Waals surface area contributed by atoms with E-state index in [1.54, 1.807) is 0 Å². The van der Waals surface area contributed by atoms with Crippen molar-refractivity contribution >= 4 is 0 Å². The molecule has 2 saturated heterocycles. The smallest absolute Gasteiger partial charge is 0.0257 e. The molecule has 0 bridgehead atoms. The third-order valence-electron chi connectivity index (χ3n) is 4.54. The van der Waals surface area contributed by atoms with Crippen molar-refractivity contribution in [2.75, 3.05) is 13.1 Å². The van der Waals surface area contributed by atoms with Gasteiger partial charge in [0, 0.05) is 5.54 Å². The van der Waals surface area contributed by atoms with Gasteiger partial charge in [0.05, 0.1) is 0 Å². The van der Waals surface area contributed by atoms with Crippen LogP contribution >= 0.6 is 0 Å². The molecule has 0 saturated carbocycles. The van der Waals surface area contributed by atoms with E-state index in [4.69, 9.17) is 0 Å². The first-order valence-corrected chi connectivity index (χ1v) is 6.31. The average Bonchev–Trinajstić information content (AvgIpc) is 2.16. The van der Waals surface area contributed by atoms with Gasteiger partial charge in [0.2, 0.25) is 0 Å². The summed E-state index contributed by atoms with van der Waals surface area (Å²) in [7, 11) is 0. The van der Waals surface area contributed by atoms with E-state index >= 15 is 0 Å². The Hall–Kier alpha value is -0.0400. The molecule has 1 heteroatoms. The molecule has 0 amide bonds. The summed E-state index contributed by atoms with van der Waals surface area (Å²) in [6, 6.07) is 0. The third-order valence-corrected chi connectivity index (χ3v) is 4.54. The van der Waals surface area contributed by atoms with Crippen molar-refractivity contribution in [3.63, 3.8) is 0 Å². The van der Waals surface area contributed by atoms with Crippen LogP contribution in [-0.2, 0) is 0 Å². The van der Waals surface area contributed by atoms with E-state index in [9.17, 15) is 0 Å². The maximum Gasteiger partial charge on any atom is 0.0257 e. The van der Waals surface area contributed by atoms with Crippen molar-refractivity contribution in [1.82, 2.24) is 4.90 Å². The Morgan fingerprint density at radius 1 is 0.857 bits per heavy atom. The number of rotatable bonds is 0. The number of piperidine rings is 2. The molecule has 0 aliphatic carbocycles. The lowest BCUT2D eigenvalue weighted by atomic mass is 9.64. The van der Waals surface area contributed by atoms with E-state index in [-0.39, 0.29) is 0 Å². The summed E-state index contributed by atoms with van der Waals surface area (Å²) in [5.41, 5.74) is 1.01. The Labute approximate surface area is 88.9 Å².